The number of unbranched alkanes of at least 4 members (excludes halogenated alkanes) is 5. The summed E-state index contributed by atoms with van der Waals surface area (Å²) in [5.41, 5.74) is 6.63. The minimum atomic E-state index is -1.60. The fraction of sp³-hybridized carbons (Fsp3) is 0.517. The molecular weight excluding hydrogens is 533 g/mol. The van der Waals surface area contributed by atoms with E-state index in [0.717, 1.165) is 53.1 Å². The van der Waals surface area contributed by atoms with Crippen molar-refractivity contribution in [2.75, 3.05) is 27.6 Å². The molecule has 0 aliphatic carbocycles. The van der Waals surface area contributed by atoms with E-state index in [1.54, 1.807) is 14.2 Å². The molecular formula is C29H34Cl3NO4. The summed E-state index contributed by atoms with van der Waals surface area (Å²) < 4.78 is 21.4. The molecule has 0 N–H and O–H groups in total. The van der Waals surface area contributed by atoms with Crippen LogP contribution in [0.4, 0.5) is 0 Å². The molecule has 0 radical (unpaired) electrons. The monoisotopic (exact) mass is 565 g/mol. The van der Waals surface area contributed by atoms with Gasteiger partial charge in [-0.1, -0.05) is 79.9 Å². The van der Waals surface area contributed by atoms with Gasteiger partial charge in [0.1, 0.15) is 6.04 Å². The second kappa shape index (κ2) is 11.0. The number of rotatable bonds is 9. The highest BCUT2D eigenvalue weighted by Crippen LogP contribution is 2.59. The van der Waals surface area contributed by atoms with Crippen molar-refractivity contribution in [3.8, 4) is 23.0 Å². The third-order valence-electron chi connectivity index (χ3n) is 7.63. The Morgan fingerprint density at radius 3 is 2.38 bits per heavy atom. The Kier molecular flexibility index (Phi) is 7.95. The molecule has 0 amide bonds. The summed E-state index contributed by atoms with van der Waals surface area (Å²) in [6.45, 7) is 3.19. The maximum absolute atomic E-state index is 6.75. The third-order valence-corrected chi connectivity index (χ3v) is 8.25. The van der Waals surface area contributed by atoms with Crippen molar-refractivity contribution in [3.05, 3.63) is 46.5 Å². The molecule has 0 aromatic heterocycles. The summed E-state index contributed by atoms with van der Waals surface area (Å²) in [6, 6.07) is 7.71. The average molecular weight is 567 g/mol. The first-order chi connectivity index (χ1) is 17.9. The molecule has 5 rings (SSSR count). The van der Waals surface area contributed by atoms with E-state index in [1.807, 2.05) is 6.07 Å². The van der Waals surface area contributed by atoms with E-state index in [4.69, 9.17) is 53.8 Å². The quantitative estimate of drug-likeness (QED) is 0.225. The van der Waals surface area contributed by atoms with E-state index in [0.29, 0.717) is 18.0 Å². The highest BCUT2D eigenvalue weighted by molar-refractivity contribution is 6.68. The van der Waals surface area contributed by atoms with Gasteiger partial charge < -0.3 is 23.8 Å². The van der Waals surface area contributed by atoms with Crippen LogP contribution in [-0.4, -0.2) is 36.2 Å². The fourth-order valence-electron chi connectivity index (χ4n) is 5.96. The summed E-state index contributed by atoms with van der Waals surface area (Å²) in [4.78, 5) is 2.26. The van der Waals surface area contributed by atoms with Crippen molar-refractivity contribution in [1.82, 2.24) is 4.90 Å². The standard InChI is InChI=1S/C29H34Cl3NO4/c1-4-5-6-7-8-9-10-20-19-11-12-22(34-2)27(35-3)25(19)28(29(30,31)32)33-14-13-18-15-23-24(37-17-36-23)16-21(18)26(20)33/h11-12,15-16,28H,4-10,13-14,17H2,1-3H3/t28-/m1/s1. The summed E-state index contributed by atoms with van der Waals surface area (Å²) in [7, 11) is 3.28. The van der Waals surface area contributed by atoms with Crippen molar-refractivity contribution in [2.24, 2.45) is 0 Å². The van der Waals surface area contributed by atoms with Crippen molar-refractivity contribution in [3.63, 3.8) is 0 Å². The van der Waals surface area contributed by atoms with Gasteiger partial charge in [-0.25, -0.2) is 0 Å². The number of nitrogens with zero attached hydrogens (tertiary/aromatic N) is 1. The lowest BCUT2D eigenvalue weighted by Crippen LogP contribution is -2.42. The Labute approximate surface area is 234 Å². The molecule has 0 unspecified atom stereocenters. The summed E-state index contributed by atoms with van der Waals surface area (Å²) >= 11 is 20.3. The molecule has 37 heavy (non-hydrogen) atoms. The van der Waals surface area contributed by atoms with E-state index in [2.05, 4.69) is 30.0 Å². The van der Waals surface area contributed by atoms with Gasteiger partial charge in [0, 0.05) is 23.4 Å². The fourth-order valence-corrected chi connectivity index (χ4v) is 6.64. The van der Waals surface area contributed by atoms with Crippen molar-refractivity contribution in [1.29, 1.82) is 0 Å². The summed E-state index contributed by atoms with van der Waals surface area (Å²) in [5, 5.41) is 0. The molecule has 3 aliphatic rings. The van der Waals surface area contributed by atoms with Crippen LogP contribution in [0.15, 0.2) is 24.3 Å². The Hall–Kier alpha value is -1.95. The minimum Gasteiger partial charge on any atom is -0.493 e. The van der Waals surface area contributed by atoms with Crippen LogP contribution >= 0.6 is 34.8 Å². The van der Waals surface area contributed by atoms with E-state index in [1.165, 1.54) is 43.2 Å². The van der Waals surface area contributed by atoms with Crippen LogP contribution in [0, 0.1) is 0 Å². The van der Waals surface area contributed by atoms with Gasteiger partial charge in [0.15, 0.2) is 23.0 Å². The predicted octanol–water partition coefficient (Wildman–Crippen LogP) is 8.33. The van der Waals surface area contributed by atoms with Crippen molar-refractivity contribution < 1.29 is 18.9 Å². The largest absolute Gasteiger partial charge is 0.493 e. The van der Waals surface area contributed by atoms with Gasteiger partial charge in [-0.05, 0) is 54.2 Å². The predicted molar refractivity (Wildman–Crippen MR) is 150 cm³/mol. The van der Waals surface area contributed by atoms with Crippen molar-refractivity contribution >= 4 is 46.1 Å². The third kappa shape index (κ3) is 4.95. The first kappa shape index (κ1) is 26.6. The number of alkyl halides is 3. The zero-order chi connectivity index (χ0) is 26.2. The first-order valence-corrected chi connectivity index (χ1v) is 14.3. The van der Waals surface area contributed by atoms with Gasteiger partial charge in [-0.15, -0.1) is 0 Å². The van der Waals surface area contributed by atoms with Crippen LogP contribution in [0.1, 0.15) is 80.2 Å². The minimum absolute atomic E-state index is 0.238. The van der Waals surface area contributed by atoms with Gasteiger partial charge in [0.05, 0.1) is 14.2 Å². The average Bonchev–Trinajstić information content (AvgIpc) is 3.34. The van der Waals surface area contributed by atoms with Crippen LogP contribution in [-0.2, 0) is 6.42 Å². The normalized spacial score (nSPS) is 17.9. The lowest BCUT2D eigenvalue weighted by molar-refractivity contribution is 0.174. The smallest absolute Gasteiger partial charge is 0.231 e. The molecule has 5 nitrogen and oxygen atoms in total. The summed E-state index contributed by atoms with van der Waals surface area (Å²) in [6.07, 6.45) is 9.03. The molecule has 2 aromatic rings. The zero-order valence-corrected chi connectivity index (χ0v) is 23.9. The van der Waals surface area contributed by atoms with E-state index in [9.17, 15) is 0 Å². The van der Waals surface area contributed by atoms with Crippen LogP contribution in [0.25, 0.3) is 11.3 Å². The lowest BCUT2D eigenvalue weighted by atomic mass is 9.80. The number of hydrogen-bond donors (Lipinski definition) is 0. The Bertz CT molecular complexity index is 1190. The topological polar surface area (TPSA) is 40.2 Å². The molecule has 0 bridgehead atoms. The maximum atomic E-state index is 6.75. The number of fused-ring (bicyclic) bond motifs is 5. The lowest BCUT2D eigenvalue weighted by Gasteiger charge is -2.47. The number of methoxy groups -OCH3 is 2. The molecule has 200 valence electrons. The van der Waals surface area contributed by atoms with Crippen LogP contribution < -0.4 is 18.9 Å². The molecule has 0 fully saturated rings. The van der Waals surface area contributed by atoms with E-state index >= 15 is 0 Å². The van der Waals surface area contributed by atoms with E-state index < -0.39 is 9.83 Å². The van der Waals surface area contributed by atoms with Crippen LogP contribution in [0.2, 0.25) is 0 Å². The SMILES string of the molecule is CCCCCCCCC1=C2c3cc4c(cc3CCN2[C@@H](C(Cl)(Cl)Cl)c2c1ccc(OC)c2OC)OCO4. The van der Waals surface area contributed by atoms with Gasteiger partial charge in [-0.3, -0.25) is 0 Å². The highest BCUT2D eigenvalue weighted by atomic mass is 35.6. The summed E-state index contributed by atoms with van der Waals surface area (Å²) in [5.74, 6) is 2.80. The number of benzene rings is 2. The number of halogens is 3. The second-order valence-corrected chi connectivity index (χ2v) is 12.2. The molecule has 0 saturated carbocycles. The molecule has 0 spiro atoms. The molecule has 1 atom stereocenters. The molecule has 3 heterocycles. The van der Waals surface area contributed by atoms with E-state index in [-0.39, 0.29) is 6.79 Å². The number of ether oxygens (including phenoxy) is 4. The van der Waals surface area contributed by atoms with Crippen LogP contribution in [0.3, 0.4) is 0 Å². The number of allylic oxidation sites excluding steroid dienone is 1. The molecule has 2 aromatic carbocycles. The zero-order valence-electron chi connectivity index (χ0n) is 21.7. The Morgan fingerprint density at radius 2 is 1.68 bits per heavy atom. The second-order valence-electron chi connectivity index (χ2n) is 9.86. The van der Waals surface area contributed by atoms with Gasteiger partial charge in [-0.2, -0.15) is 0 Å². The highest BCUT2D eigenvalue weighted by Gasteiger charge is 2.48. The van der Waals surface area contributed by atoms with Crippen molar-refractivity contribution in [2.45, 2.75) is 68.1 Å². The van der Waals surface area contributed by atoms with Gasteiger partial charge >= 0.3 is 0 Å². The van der Waals surface area contributed by atoms with Gasteiger partial charge in [0.2, 0.25) is 10.6 Å². The Balaban J connectivity index is 1.69. The maximum Gasteiger partial charge on any atom is 0.231 e. The molecule has 8 heteroatoms. The van der Waals surface area contributed by atoms with Crippen LogP contribution in [0.5, 0.6) is 23.0 Å². The number of hydrogen-bond acceptors (Lipinski definition) is 5. The first-order valence-electron chi connectivity index (χ1n) is 13.1. The van der Waals surface area contributed by atoms with Gasteiger partial charge in [0.25, 0.3) is 0 Å². The Morgan fingerprint density at radius 1 is 0.946 bits per heavy atom. The molecule has 0 saturated heterocycles. The molecule has 3 aliphatic heterocycles.